The topological polar surface area (TPSA) is 75.7 Å². The van der Waals surface area contributed by atoms with Crippen molar-refractivity contribution in [2.24, 2.45) is 0 Å². The van der Waals surface area contributed by atoms with Gasteiger partial charge in [-0.2, -0.15) is 4.31 Å². The Balaban J connectivity index is 1.93. The Kier molecular flexibility index (Phi) is 7.62. The lowest BCUT2D eigenvalue weighted by Crippen LogP contribution is -2.45. The highest BCUT2D eigenvalue weighted by atomic mass is 35.5. The first kappa shape index (κ1) is 23.6. The van der Waals surface area contributed by atoms with E-state index in [4.69, 9.17) is 16.3 Å². The minimum Gasteiger partial charge on any atom is -0.495 e. The quantitative estimate of drug-likeness (QED) is 0.630. The van der Waals surface area contributed by atoms with Gasteiger partial charge in [0, 0.05) is 16.8 Å². The molecule has 0 heterocycles. The van der Waals surface area contributed by atoms with Crippen molar-refractivity contribution >= 4 is 33.2 Å². The Bertz CT molecular complexity index is 1050. The van der Waals surface area contributed by atoms with Crippen LogP contribution in [0.2, 0.25) is 5.02 Å². The Morgan fingerprint density at radius 2 is 1.84 bits per heavy atom. The molecule has 0 aliphatic heterocycles. The summed E-state index contributed by atoms with van der Waals surface area (Å²) in [5.74, 6) is -0.105. The fourth-order valence-corrected chi connectivity index (χ4v) is 6.10. The average Bonchev–Trinajstić information content (AvgIpc) is 2.74. The zero-order valence-electron chi connectivity index (χ0n) is 18.2. The highest BCUT2D eigenvalue weighted by Gasteiger charge is 2.35. The third-order valence-electron chi connectivity index (χ3n) is 5.65. The summed E-state index contributed by atoms with van der Waals surface area (Å²) < 4.78 is 34.1. The lowest BCUT2D eigenvalue weighted by atomic mass is 9.95. The number of carbonyl (C=O) groups is 1. The second-order valence-corrected chi connectivity index (χ2v) is 10.3. The van der Waals surface area contributed by atoms with E-state index >= 15 is 0 Å². The molecule has 0 atom stereocenters. The van der Waals surface area contributed by atoms with E-state index in [9.17, 15) is 13.2 Å². The first-order valence-corrected chi connectivity index (χ1v) is 12.3. The molecule has 0 radical (unpaired) electrons. The summed E-state index contributed by atoms with van der Waals surface area (Å²) >= 11 is 6.00. The largest absolute Gasteiger partial charge is 0.495 e. The Morgan fingerprint density at radius 1 is 1.13 bits per heavy atom. The Hall–Kier alpha value is -2.09. The molecule has 3 rings (SSSR count). The molecule has 1 saturated carbocycles. The molecule has 0 unspecified atom stereocenters. The monoisotopic (exact) mass is 464 g/mol. The number of nitrogens with zero attached hydrogens (tertiary/aromatic N) is 1. The number of aryl methyl sites for hydroxylation is 2. The third-order valence-corrected chi connectivity index (χ3v) is 7.80. The highest BCUT2D eigenvalue weighted by Crippen LogP contribution is 2.32. The number of nitrogens with one attached hydrogen (secondary N) is 1. The molecule has 6 nitrogen and oxygen atoms in total. The normalized spacial score (nSPS) is 15.1. The van der Waals surface area contributed by atoms with Crippen LogP contribution < -0.4 is 10.1 Å². The number of rotatable bonds is 7. The molecule has 0 aromatic heterocycles. The van der Waals surface area contributed by atoms with Crippen LogP contribution in [0.15, 0.2) is 41.3 Å². The molecule has 1 N–H and O–H groups in total. The van der Waals surface area contributed by atoms with Crippen molar-refractivity contribution in [2.75, 3.05) is 19.0 Å². The van der Waals surface area contributed by atoms with Crippen molar-refractivity contribution in [3.8, 4) is 5.75 Å². The molecule has 0 bridgehead atoms. The number of halogens is 1. The predicted molar refractivity (Wildman–Crippen MR) is 123 cm³/mol. The summed E-state index contributed by atoms with van der Waals surface area (Å²) in [5.41, 5.74) is 2.24. The predicted octanol–water partition coefficient (Wildman–Crippen LogP) is 4.93. The van der Waals surface area contributed by atoms with Crippen molar-refractivity contribution in [3.05, 3.63) is 52.5 Å². The second kappa shape index (κ2) is 10.0. The molecule has 2 aromatic rings. The number of anilines is 1. The van der Waals surface area contributed by atoms with Crippen molar-refractivity contribution in [2.45, 2.75) is 56.9 Å². The lowest BCUT2D eigenvalue weighted by Gasteiger charge is -2.33. The lowest BCUT2D eigenvalue weighted by molar-refractivity contribution is -0.116. The molecule has 168 valence electrons. The summed E-state index contributed by atoms with van der Waals surface area (Å²) in [7, 11) is -2.49. The van der Waals surface area contributed by atoms with Gasteiger partial charge in [-0.15, -0.1) is 0 Å². The Morgan fingerprint density at radius 3 is 2.48 bits per heavy atom. The molecule has 1 amide bonds. The van der Waals surface area contributed by atoms with Gasteiger partial charge in [0.15, 0.2) is 0 Å². The van der Waals surface area contributed by atoms with E-state index < -0.39 is 10.0 Å². The van der Waals surface area contributed by atoms with Crippen LogP contribution in [0.1, 0.15) is 43.2 Å². The standard InChI is InChI=1S/C23H29ClN2O4S/c1-16-9-12-21(30-3)22(13-16)31(28,29)26(19-7-5-4-6-8-19)15-23(27)25-20-11-10-18(24)14-17(20)2/h9-14,19H,4-8,15H2,1-3H3,(H,25,27). The van der Waals surface area contributed by atoms with Gasteiger partial charge >= 0.3 is 0 Å². The summed E-state index contributed by atoms with van der Waals surface area (Å²) in [5, 5.41) is 3.41. The number of methoxy groups -OCH3 is 1. The Labute approximate surface area is 189 Å². The fourth-order valence-electron chi connectivity index (χ4n) is 3.99. The molecular formula is C23H29ClN2O4S. The second-order valence-electron chi connectivity index (χ2n) is 8.00. The van der Waals surface area contributed by atoms with E-state index in [0.29, 0.717) is 10.7 Å². The zero-order valence-corrected chi connectivity index (χ0v) is 19.7. The van der Waals surface area contributed by atoms with Gasteiger partial charge in [-0.05, 0) is 68.1 Å². The number of ether oxygens (including phenoxy) is 1. The maximum Gasteiger partial charge on any atom is 0.247 e. The first-order chi connectivity index (χ1) is 14.7. The number of benzene rings is 2. The van der Waals surface area contributed by atoms with E-state index in [1.807, 2.05) is 13.8 Å². The fraction of sp³-hybridized carbons (Fsp3) is 0.435. The van der Waals surface area contributed by atoms with Crippen LogP contribution in [-0.4, -0.2) is 38.3 Å². The zero-order chi connectivity index (χ0) is 22.6. The molecule has 31 heavy (non-hydrogen) atoms. The van der Waals surface area contributed by atoms with Gasteiger partial charge in [0.2, 0.25) is 15.9 Å². The number of sulfonamides is 1. The number of hydrogen-bond donors (Lipinski definition) is 1. The minimum absolute atomic E-state index is 0.0936. The molecule has 1 aliphatic rings. The van der Waals surface area contributed by atoms with Gasteiger partial charge in [0.1, 0.15) is 10.6 Å². The van der Waals surface area contributed by atoms with E-state index in [2.05, 4.69) is 5.32 Å². The van der Waals surface area contributed by atoms with Crippen LogP contribution in [0, 0.1) is 13.8 Å². The SMILES string of the molecule is COc1ccc(C)cc1S(=O)(=O)N(CC(=O)Nc1ccc(Cl)cc1C)C1CCCCC1. The van der Waals surface area contributed by atoms with Gasteiger partial charge in [0.05, 0.1) is 13.7 Å². The van der Waals surface area contributed by atoms with E-state index in [1.54, 1.807) is 36.4 Å². The van der Waals surface area contributed by atoms with E-state index in [-0.39, 0.29) is 29.1 Å². The van der Waals surface area contributed by atoms with Crippen LogP contribution in [0.5, 0.6) is 5.75 Å². The number of amides is 1. The summed E-state index contributed by atoms with van der Waals surface area (Å²) in [6.45, 7) is 3.42. The average molecular weight is 465 g/mol. The van der Waals surface area contributed by atoms with Gasteiger partial charge < -0.3 is 10.1 Å². The van der Waals surface area contributed by atoms with Crippen LogP contribution in [0.3, 0.4) is 0 Å². The van der Waals surface area contributed by atoms with Gasteiger partial charge in [-0.1, -0.05) is 36.9 Å². The maximum absolute atomic E-state index is 13.7. The van der Waals surface area contributed by atoms with Crippen molar-refractivity contribution in [1.29, 1.82) is 0 Å². The number of hydrogen-bond acceptors (Lipinski definition) is 4. The first-order valence-electron chi connectivity index (χ1n) is 10.4. The minimum atomic E-state index is -3.94. The molecule has 8 heteroatoms. The van der Waals surface area contributed by atoms with Crippen LogP contribution in [0.25, 0.3) is 0 Å². The smallest absolute Gasteiger partial charge is 0.247 e. The highest BCUT2D eigenvalue weighted by molar-refractivity contribution is 7.89. The molecular weight excluding hydrogens is 436 g/mol. The number of carbonyl (C=O) groups excluding carboxylic acids is 1. The van der Waals surface area contributed by atoms with Crippen LogP contribution >= 0.6 is 11.6 Å². The van der Waals surface area contributed by atoms with Crippen molar-refractivity contribution < 1.29 is 17.9 Å². The molecule has 1 aliphatic carbocycles. The van der Waals surface area contributed by atoms with E-state index in [1.165, 1.54) is 11.4 Å². The van der Waals surface area contributed by atoms with Gasteiger partial charge in [0.25, 0.3) is 0 Å². The molecule has 2 aromatic carbocycles. The van der Waals surface area contributed by atoms with Gasteiger partial charge in [-0.3, -0.25) is 4.79 Å². The third kappa shape index (κ3) is 5.59. The van der Waals surface area contributed by atoms with Crippen LogP contribution in [-0.2, 0) is 14.8 Å². The van der Waals surface area contributed by atoms with Crippen molar-refractivity contribution in [3.63, 3.8) is 0 Å². The molecule has 1 fully saturated rings. The summed E-state index contributed by atoms with van der Waals surface area (Å²) in [6, 6.07) is 10.0. The van der Waals surface area contributed by atoms with Crippen LogP contribution in [0.4, 0.5) is 5.69 Å². The maximum atomic E-state index is 13.7. The van der Waals surface area contributed by atoms with E-state index in [0.717, 1.165) is 43.2 Å². The summed E-state index contributed by atoms with van der Waals surface area (Å²) in [4.78, 5) is 13.0. The summed E-state index contributed by atoms with van der Waals surface area (Å²) in [6.07, 6.45) is 4.44. The molecule has 0 saturated heterocycles. The molecule has 0 spiro atoms. The van der Waals surface area contributed by atoms with Gasteiger partial charge in [-0.25, -0.2) is 8.42 Å². The van der Waals surface area contributed by atoms with Crippen molar-refractivity contribution in [1.82, 2.24) is 4.31 Å².